The molecule has 0 spiro atoms. The van der Waals surface area contributed by atoms with Crippen molar-refractivity contribution >= 4 is 33.7 Å². The van der Waals surface area contributed by atoms with E-state index >= 15 is 0 Å². The van der Waals surface area contributed by atoms with Crippen molar-refractivity contribution in [1.29, 1.82) is 0 Å². The largest absolute Gasteiger partial charge is 0.368 e. The van der Waals surface area contributed by atoms with Gasteiger partial charge < -0.3 is 24.5 Å². The monoisotopic (exact) mass is 465 g/mol. The summed E-state index contributed by atoms with van der Waals surface area (Å²) in [6.07, 6.45) is 5.84. The number of nitrogens with one attached hydrogen (secondary N) is 2. The number of anilines is 3. The topological polar surface area (TPSA) is 64.5 Å². The lowest BCUT2D eigenvalue weighted by molar-refractivity contribution is 0.271. The van der Waals surface area contributed by atoms with Crippen LogP contribution in [0.1, 0.15) is 18.3 Å². The van der Waals surface area contributed by atoms with Gasteiger partial charge in [0.1, 0.15) is 5.82 Å². The summed E-state index contributed by atoms with van der Waals surface area (Å²) in [5.41, 5.74) is 8.82. The molecule has 7 heteroatoms. The minimum absolute atomic E-state index is 0.816. The van der Waals surface area contributed by atoms with Gasteiger partial charge in [0.15, 0.2) is 5.65 Å². The van der Waals surface area contributed by atoms with E-state index in [1.54, 1.807) is 0 Å². The zero-order chi connectivity index (χ0) is 23.9. The smallest absolute Gasteiger partial charge is 0.160 e. The van der Waals surface area contributed by atoms with Crippen LogP contribution in [0.5, 0.6) is 0 Å². The Hall–Kier alpha value is -3.84. The minimum atomic E-state index is 0.816. The van der Waals surface area contributed by atoms with Crippen molar-refractivity contribution in [3.63, 3.8) is 0 Å². The molecule has 1 aliphatic heterocycles. The van der Waals surface area contributed by atoms with Gasteiger partial charge in [-0.25, -0.2) is 9.97 Å². The average Bonchev–Trinajstić information content (AvgIpc) is 3.52. The van der Waals surface area contributed by atoms with Crippen molar-refractivity contribution in [1.82, 2.24) is 24.3 Å². The number of likely N-dealkylation sites (N-methyl/N-ethyl adjacent to an activating group) is 1. The van der Waals surface area contributed by atoms with Gasteiger partial charge in [0.05, 0.1) is 17.6 Å². The second kappa shape index (κ2) is 8.74. The summed E-state index contributed by atoms with van der Waals surface area (Å²) in [5, 5.41) is 4.76. The van der Waals surface area contributed by atoms with Gasteiger partial charge in [0.2, 0.25) is 0 Å². The second-order valence-corrected chi connectivity index (χ2v) is 9.38. The number of piperazine rings is 1. The maximum atomic E-state index is 4.74. The molecular formula is C28H31N7. The molecule has 0 radical (unpaired) electrons. The van der Waals surface area contributed by atoms with Gasteiger partial charge >= 0.3 is 0 Å². The molecule has 1 fully saturated rings. The van der Waals surface area contributed by atoms with Crippen LogP contribution >= 0.6 is 0 Å². The van der Waals surface area contributed by atoms with Gasteiger partial charge in [-0.15, -0.1) is 0 Å². The molecule has 0 amide bonds. The first-order valence-corrected chi connectivity index (χ1v) is 12.4. The van der Waals surface area contributed by atoms with E-state index in [2.05, 4.69) is 92.7 Å². The van der Waals surface area contributed by atoms with Gasteiger partial charge in [-0.3, -0.25) is 0 Å². The number of H-pyrrole nitrogens is 1. The van der Waals surface area contributed by atoms with Crippen molar-refractivity contribution in [3.8, 4) is 11.1 Å². The molecular weight excluding hydrogens is 434 g/mol. The van der Waals surface area contributed by atoms with Crippen LogP contribution < -0.4 is 10.2 Å². The lowest BCUT2D eigenvalue weighted by atomic mass is 10.0. The predicted molar refractivity (Wildman–Crippen MR) is 144 cm³/mol. The van der Waals surface area contributed by atoms with Gasteiger partial charge in [-0.1, -0.05) is 19.1 Å². The Bertz CT molecular complexity index is 1490. The predicted octanol–water partition coefficient (Wildman–Crippen LogP) is 5.38. The first kappa shape index (κ1) is 21.7. The number of hydrogen-bond donors (Lipinski definition) is 2. The number of rotatable bonds is 5. The van der Waals surface area contributed by atoms with E-state index in [1.165, 1.54) is 22.3 Å². The summed E-state index contributed by atoms with van der Waals surface area (Å²) in [5.74, 6) is 0.816. The first-order valence-electron chi connectivity index (χ1n) is 12.4. The van der Waals surface area contributed by atoms with Crippen LogP contribution in [0, 0.1) is 13.8 Å². The molecule has 1 saturated heterocycles. The Morgan fingerprint density at radius 1 is 0.971 bits per heavy atom. The maximum absolute atomic E-state index is 4.74. The highest BCUT2D eigenvalue weighted by Crippen LogP contribution is 2.33. The number of hydrogen-bond acceptors (Lipinski definition) is 5. The number of fused-ring (bicyclic) bond motifs is 2. The molecule has 2 N–H and O–H groups in total. The van der Waals surface area contributed by atoms with Crippen LogP contribution in [0.3, 0.4) is 0 Å². The summed E-state index contributed by atoms with van der Waals surface area (Å²) >= 11 is 0. The molecule has 0 saturated carbocycles. The molecule has 7 nitrogen and oxygen atoms in total. The number of imidazole rings is 1. The normalized spacial score (nSPS) is 14.8. The fourth-order valence-electron chi connectivity index (χ4n) is 5.15. The zero-order valence-corrected chi connectivity index (χ0v) is 20.5. The van der Waals surface area contributed by atoms with Crippen LogP contribution in [0.15, 0.2) is 61.1 Å². The summed E-state index contributed by atoms with van der Waals surface area (Å²) in [6, 6.07) is 15.2. The molecule has 6 rings (SSSR count). The van der Waals surface area contributed by atoms with E-state index in [1.807, 2.05) is 18.6 Å². The van der Waals surface area contributed by atoms with E-state index in [9.17, 15) is 0 Å². The molecule has 0 unspecified atom stereocenters. The van der Waals surface area contributed by atoms with Crippen LogP contribution in [0.4, 0.5) is 17.2 Å². The molecule has 0 bridgehead atoms. The van der Waals surface area contributed by atoms with E-state index in [4.69, 9.17) is 4.98 Å². The van der Waals surface area contributed by atoms with Crippen LogP contribution in [0.2, 0.25) is 0 Å². The quantitative estimate of drug-likeness (QED) is 0.365. The highest BCUT2D eigenvalue weighted by molar-refractivity contribution is 5.88. The number of nitrogens with zero attached hydrogens (tertiary/aromatic N) is 5. The van der Waals surface area contributed by atoms with Crippen molar-refractivity contribution in [2.45, 2.75) is 20.8 Å². The molecule has 1 aromatic carbocycles. The fraction of sp³-hybridized carbons (Fsp3) is 0.286. The summed E-state index contributed by atoms with van der Waals surface area (Å²) in [6.45, 7) is 11.9. The first-order chi connectivity index (χ1) is 17.1. The van der Waals surface area contributed by atoms with Gasteiger partial charge in [-0.05, 0) is 61.7 Å². The van der Waals surface area contributed by atoms with Gasteiger partial charge in [0, 0.05) is 61.0 Å². The highest BCUT2D eigenvalue weighted by atomic mass is 15.3. The van der Waals surface area contributed by atoms with E-state index in [-0.39, 0.29) is 0 Å². The molecule has 4 aromatic heterocycles. The second-order valence-electron chi connectivity index (χ2n) is 9.38. The van der Waals surface area contributed by atoms with Crippen molar-refractivity contribution in [3.05, 3.63) is 72.4 Å². The minimum Gasteiger partial charge on any atom is -0.368 e. The van der Waals surface area contributed by atoms with E-state index < -0.39 is 0 Å². The third-order valence-corrected chi connectivity index (χ3v) is 7.18. The summed E-state index contributed by atoms with van der Waals surface area (Å²) in [4.78, 5) is 17.7. The average molecular weight is 466 g/mol. The molecule has 5 heterocycles. The molecule has 0 atom stereocenters. The van der Waals surface area contributed by atoms with Crippen LogP contribution in [0.25, 0.3) is 27.7 Å². The molecule has 35 heavy (non-hydrogen) atoms. The summed E-state index contributed by atoms with van der Waals surface area (Å²) < 4.78 is 2.14. The summed E-state index contributed by atoms with van der Waals surface area (Å²) in [7, 11) is 0. The van der Waals surface area contributed by atoms with Crippen LogP contribution in [-0.2, 0) is 0 Å². The third kappa shape index (κ3) is 4.02. The lowest BCUT2D eigenvalue weighted by Gasteiger charge is -2.35. The van der Waals surface area contributed by atoms with Crippen LogP contribution in [-0.4, -0.2) is 57.0 Å². The molecule has 0 aliphatic carbocycles. The number of aryl methyl sites for hydroxylation is 2. The van der Waals surface area contributed by atoms with Gasteiger partial charge in [-0.2, -0.15) is 0 Å². The number of aromatic amines is 1. The number of aromatic nitrogens is 4. The highest BCUT2D eigenvalue weighted by Gasteiger charge is 2.17. The van der Waals surface area contributed by atoms with Crippen molar-refractivity contribution in [2.24, 2.45) is 0 Å². The molecule has 1 aliphatic rings. The van der Waals surface area contributed by atoms with Crippen molar-refractivity contribution in [2.75, 3.05) is 42.9 Å². The Kier molecular flexibility index (Phi) is 5.41. The zero-order valence-electron chi connectivity index (χ0n) is 20.5. The van der Waals surface area contributed by atoms with Gasteiger partial charge in [0.25, 0.3) is 0 Å². The van der Waals surface area contributed by atoms with Crippen molar-refractivity contribution < 1.29 is 0 Å². The molecule has 178 valence electrons. The fourth-order valence-corrected chi connectivity index (χ4v) is 5.15. The maximum Gasteiger partial charge on any atom is 0.160 e. The Morgan fingerprint density at radius 2 is 1.83 bits per heavy atom. The molecule has 5 aromatic rings. The standard InChI is InChI=1S/C28H31N7/c1-4-33-11-13-34(14-12-33)23-7-8-27(30-18-23)32-26-17-24(20(3)35-10-9-29-28(26)35)21-5-6-22-15-19(2)31-25(22)16-21/h5-10,15-18,31H,4,11-14H2,1-3H3,(H,30,32). The lowest BCUT2D eigenvalue weighted by Crippen LogP contribution is -2.46. The number of benzene rings is 1. The van der Waals surface area contributed by atoms with E-state index in [0.29, 0.717) is 0 Å². The Morgan fingerprint density at radius 3 is 2.60 bits per heavy atom. The Balaban J connectivity index is 1.31. The SMILES string of the molecule is CCN1CCN(c2ccc(Nc3cc(-c4ccc5cc(C)[nH]c5c4)c(C)n4ccnc34)nc2)CC1. The number of pyridine rings is 2. The third-order valence-electron chi connectivity index (χ3n) is 7.18. The Labute approximate surface area is 205 Å². The van der Waals surface area contributed by atoms with E-state index in [0.717, 1.165) is 66.7 Å².